The van der Waals surface area contributed by atoms with E-state index in [1.54, 1.807) is 0 Å². The summed E-state index contributed by atoms with van der Waals surface area (Å²) in [5.74, 6) is 0.669. The van der Waals surface area contributed by atoms with Crippen molar-refractivity contribution in [3.05, 3.63) is 30.1 Å². The smallest absolute Gasteiger partial charge is 0.223 e. The van der Waals surface area contributed by atoms with Crippen molar-refractivity contribution >= 4 is 24.0 Å². The van der Waals surface area contributed by atoms with Crippen LogP contribution in [0, 0.1) is 17.7 Å². The van der Waals surface area contributed by atoms with Crippen molar-refractivity contribution in [3.8, 4) is 0 Å². The second kappa shape index (κ2) is 8.50. The fourth-order valence-electron chi connectivity index (χ4n) is 3.36. The van der Waals surface area contributed by atoms with Gasteiger partial charge in [-0.15, -0.1) is 12.4 Å². The van der Waals surface area contributed by atoms with Crippen molar-refractivity contribution in [2.75, 3.05) is 37.6 Å². The van der Waals surface area contributed by atoms with Gasteiger partial charge in [0.15, 0.2) is 0 Å². The number of rotatable bonds is 4. The molecule has 1 aromatic carbocycles. The second-order valence-corrected chi connectivity index (χ2v) is 6.35. The molecule has 2 aliphatic heterocycles. The van der Waals surface area contributed by atoms with Crippen LogP contribution in [0.2, 0.25) is 0 Å². The highest BCUT2D eigenvalue weighted by atomic mass is 35.5. The number of piperidine rings is 1. The number of nitrogens with one attached hydrogen (secondary N) is 2. The molecule has 4 nitrogen and oxygen atoms in total. The van der Waals surface area contributed by atoms with Gasteiger partial charge in [-0.25, -0.2) is 4.39 Å². The minimum Gasteiger partial charge on any atom is -0.371 e. The van der Waals surface area contributed by atoms with Crippen LogP contribution in [0.25, 0.3) is 0 Å². The maximum atomic E-state index is 13.0. The van der Waals surface area contributed by atoms with Crippen LogP contribution in [0.15, 0.2) is 24.3 Å². The van der Waals surface area contributed by atoms with E-state index < -0.39 is 0 Å². The molecular weight excluding hydrogens is 317 g/mol. The predicted octanol–water partition coefficient (Wildman–Crippen LogP) is 2.19. The summed E-state index contributed by atoms with van der Waals surface area (Å²) in [4.78, 5) is 14.4. The number of carbonyl (C=O) groups is 1. The molecule has 0 aliphatic carbocycles. The number of carbonyl (C=O) groups excluding carboxylic acids is 1. The van der Waals surface area contributed by atoms with Gasteiger partial charge in [0.2, 0.25) is 5.91 Å². The van der Waals surface area contributed by atoms with E-state index >= 15 is 0 Å². The quantitative estimate of drug-likeness (QED) is 0.882. The predicted molar refractivity (Wildman–Crippen MR) is 92.6 cm³/mol. The molecule has 2 heterocycles. The molecule has 1 unspecified atom stereocenters. The molecule has 2 saturated heterocycles. The Labute approximate surface area is 143 Å². The molecule has 6 heteroatoms. The summed E-state index contributed by atoms with van der Waals surface area (Å²) in [6, 6.07) is 6.65. The Morgan fingerprint density at radius 3 is 2.61 bits per heavy atom. The Kier molecular flexibility index (Phi) is 6.66. The maximum absolute atomic E-state index is 13.0. The molecule has 0 bridgehead atoms. The van der Waals surface area contributed by atoms with Crippen LogP contribution in [0.1, 0.15) is 19.3 Å². The van der Waals surface area contributed by atoms with Crippen LogP contribution in [-0.4, -0.2) is 38.6 Å². The van der Waals surface area contributed by atoms with E-state index in [2.05, 4.69) is 15.5 Å². The topological polar surface area (TPSA) is 44.4 Å². The summed E-state index contributed by atoms with van der Waals surface area (Å²) >= 11 is 0. The highest BCUT2D eigenvalue weighted by Crippen LogP contribution is 2.23. The molecule has 2 aliphatic rings. The third-order valence-electron chi connectivity index (χ3n) is 4.75. The zero-order chi connectivity index (χ0) is 15.4. The van der Waals surface area contributed by atoms with Crippen LogP contribution in [-0.2, 0) is 4.79 Å². The lowest BCUT2D eigenvalue weighted by atomic mass is 9.97. The van der Waals surface area contributed by atoms with Gasteiger partial charge in [-0.2, -0.15) is 0 Å². The van der Waals surface area contributed by atoms with Crippen LogP contribution in [0.5, 0.6) is 0 Å². The van der Waals surface area contributed by atoms with E-state index in [1.807, 2.05) is 12.1 Å². The Balaban J connectivity index is 0.00000192. The number of hydrogen-bond acceptors (Lipinski definition) is 3. The number of halogens is 2. The monoisotopic (exact) mass is 341 g/mol. The fourth-order valence-corrected chi connectivity index (χ4v) is 3.36. The standard InChI is InChI=1S/C17H24FN3O.ClH/c18-15-1-3-16(4-2-15)21-10-7-13(12-21)11-20-17(22)14-5-8-19-9-6-14;/h1-4,13-14,19H,5-12H2,(H,20,22);1H. The van der Waals surface area contributed by atoms with Gasteiger partial charge in [-0.3, -0.25) is 4.79 Å². The van der Waals surface area contributed by atoms with Crippen molar-refractivity contribution in [2.45, 2.75) is 19.3 Å². The highest BCUT2D eigenvalue weighted by Gasteiger charge is 2.25. The first kappa shape index (κ1) is 18.0. The number of nitrogens with zero attached hydrogens (tertiary/aromatic N) is 1. The average molecular weight is 342 g/mol. The molecule has 1 atom stereocenters. The lowest BCUT2D eigenvalue weighted by Gasteiger charge is -2.23. The van der Waals surface area contributed by atoms with Crippen molar-refractivity contribution in [1.82, 2.24) is 10.6 Å². The van der Waals surface area contributed by atoms with E-state index in [0.717, 1.165) is 57.7 Å². The number of hydrogen-bond donors (Lipinski definition) is 2. The molecule has 128 valence electrons. The van der Waals surface area contributed by atoms with E-state index in [-0.39, 0.29) is 30.0 Å². The van der Waals surface area contributed by atoms with Crippen LogP contribution in [0.4, 0.5) is 10.1 Å². The summed E-state index contributed by atoms with van der Waals surface area (Å²) in [7, 11) is 0. The first-order valence-corrected chi connectivity index (χ1v) is 8.21. The summed E-state index contributed by atoms with van der Waals surface area (Å²) < 4.78 is 13.0. The molecule has 2 N–H and O–H groups in total. The lowest BCUT2D eigenvalue weighted by Crippen LogP contribution is -2.40. The van der Waals surface area contributed by atoms with Crippen molar-refractivity contribution in [1.29, 1.82) is 0 Å². The van der Waals surface area contributed by atoms with Gasteiger partial charge in [-0.05, 0) is 62.5 Å². The Hall–Kier alpha value is -1.33. The molecule has 1 amide bonds. The van der Waals surface area contributed by atoms with Crippen LogP contribution < -0.4 is 15.5 Å². The molecule has 0 spiro atoms. The van der Waals surface area contributed by atoms with Gasteiger partial charge < -0.3 is 15.5 Å². The SMILES string of the molecule is Cl.O=C(NCC1CCN(c2ccc(F)cc2)C1)C1CCNCC1. The Bertz CT molecular complexity index is 505. The van der Waals surface area contributed by atoms with Gasteiger partial charge in [0.05, 0.1) is 0 Å². The molecule has 0 radical (unpaired) electrons. The zero-order valence-electron chi connectivity index (χ0n) is 13.3. The Morgan fingerprint density at radius 1 is 1.22 bits per heavy atom. The second-order valence-electron chi connectivity index (χ2n) is 6.35. The number of benzene rings is 1. The van der Waals surface area contributed by atoms with E-state index in [4.69, 9.17) is 0 Å². The van der Waals surface area contributed by atoms with Crippen molar-refractivity contribution in [2.24, 2.45) is 11.8 Å². The largest absolute Gasteiger partial charge is 0.371 e. The summed E-state index contributed by atoms with van der Waals surface area (Å²) in [6.45, 7) is 4.54. The highest BCUT2D eigenvalue weighted by molar-refractivity contribution is 5.85. The summed E-state index contributed by atoms with van der Waals surface area (Å²) in [6.07, 6.45) is 2.96. The van der Waals surface area contributed by atoms with E-state index in [1.165, 1.54) is 12.1 Å². The van der Waals surface area contributed by atoms with Crippen LogP contribution in [0.3, 0.4) is 0 Å². The van der Waals surface area contributed by atoms with Crippen molar-refractivity contribution in [3.63, 3.8) is 0 Å². The number of amides is 1. The average Bonchev–Trinajstić information content (AvgIpc) is 3.03. The molecular formula is C17H25ClFN3O. The maximum Gasteiger partial charge on any atom is 0.223 e. The fraction of sp³-hybridized carbons (Fsp3) is 0.588. The van der Waals surface area contributed by atoms with Crippen LogP contribution >= 0.6 is 12.4 Å². The molecule has 1 aromatic rings. The van der Waals surface area contributed by atoms with Gasteiger partial charge in [0.1, 0.15) is 5.82 Å². The van der Waals surface area contributed by atoms with Gasteiger partial charge >= 0.3 is 0 Å². The first-order chi connectivity index (χ1) is 10.7. The van der Waals surface area contributed by atoms with Gasteiger partial charge in [-0.1, -0.05) is 0 Å². The van der Waals surface area contributed by atoms with Gasteiger partial charge in [0, 0.05) is 31.2 Å². The van der Waals surface area contributed by atoms with Crippen molar-refractivity contribution < 1.29 is 9.18 Å². The first-order valence-electron chi connectivity index (χ1n) is 8.21. The molecule has 0 saturated carbocycles. The molecule has 0 aromatic heterocycles. The summed E-state index contributed by atoms with van der Waals surface area (Å²) in [5.41, 5.74) is 1.06. The normalized spacial score (nSPS) is 21.8. The summed E-state index contributed by atoms with van der Waals surface area (Å²) in [5, 5.41) is 6.40. The molecule has 2 fully saturated rings. The van der Waals surface area contributed by atoms with Gasteiger partial charge in [0.25, 0.3) is 0 Å². The van der Waals surface area contributed by atoms with E-state index in [0.29, 0.717) is 5.92 Å². The minimum atomic E-state index is -0.200. The third-order valence-corrected chi connectivity index (χ3v) is 4.75. The zero-order valence-corrected chi connectivity index (χ0v) is 14.1. The lowest BCUT2D eigenvalue weighted by molar-refractivity contribution is -0.125. The molecule has 3 rings (SSSR count). The Morgan fingerprint density at radius 2 is 1.91 bits per heavy atom. The number of anilines is 1. The van der Waals surface area contributed by atoms with E-state index in [9.17, 15) is 9.18 Å². The third kappa shape index (κ3) is 4.82. The molecule has 23 heavy (non-hydrogen) atoms. The minimum absolute atomic E-state index is 0.